The molecule has 0 fully saturated rings. The third kappa shape index (κ3) is 1.79. The van der Waals surface area contributed by atoms with Gasteiger partial charge in [-0.1, -0.05) is 11.8 Å². The number of rotatable bonds is 2. The first-order chi connectivity index (χ1) is 8.67. The quantitative estimate of drug-likeness (QED) is 0.715. The highest BCUT2D eigenvalue weighted by atomic mass is 35.5. The van der Waals surface area contributed by atoms with Crippen molar-refractivity contribution in [2.45, 2.75) is 5.16 Å². The van der Waals surface area contributed by atoms with Gasteiger partial charge in [-0.25, -0.2) is 0 Å². The van der Waals surface area contributed by atoms with Gasteiger partial charge in [0.2, 0.25) is 11.8 Å². The molecule has 0 saturated carbocycles. The van der Waals surface area contributed by atoms with E-state index in [1.54, 1.807) is 12.1 Å². The Labute approximate surface area is 110 Å². The van der Waals surface area contributed by atoms with Crippen molar-refractivity contribution in [3.63, 3.8) is 0 Å². The van der Waals surface area contributed by atoms with Gasteiger partial charge in [-0.15, -0.1) is 5.10 Å². The molecule has 0 aromatic carbocycles. The number of aromatic nitrogens is 5. The molecule has 2 N–H and O–H groups in total. The van der Waals surface area contributed by atoms with Gasteiger partial charge in [0.1, 0.15) is 0 Å². The van der Waals surface area contributed by atoms with Crippen LogP contribution in [0.25, 0.3) is 17.4 Å². The van der Waals surface area contributed by atoms with Gasteiger partial charge in [0, 0.05) is 0 Å². The van der Waals surface area contributed by atoms with Crippen molar-refractivity contribution in [1.29, 1.82) is 0 Å². The summed E-state index contributed by atoms with van der Waals surface area (Å²) in [5, 5.41) is 4.97. The SMILES string of the molecule is CSc1nc(N)n2nc(-c3ccc(Cl)o3)nc2n1. The molecule has 0 aliphatic heterocycles. The summed E-state index contributed by atoms with van der Waals surface area (Å²) in [7, 11) is 0. The van der Waals surface area contributed by atoms with E-state index in [2.05, 4.69) is 20.1 Å². The van der Waals surface area contributed by atoms with Gasteiger partial charge in [0.05, 0.1) is 0 Å². The van der Waals surface area contributed by atoms with Gasteiger partial charge in [0.15, 0.2) is 16.1 Å². The highest BCUT2D eigenvalue weighted by molar-refractivity contribution is 7.98. The first kappa shape index (κ1) is 11.3. The molecule has 9 heteroatoms. The Hall–Kier alpha value is -1.80. The minimum absolute atomic E-state index is 0.223. The fourth-order valence-electron chi connectivity index (χ4n) is 1.42. The highest BCUT2D eigenvalue weighted by Gasteiger charge is 2.14. The molecule has 0 bridgehead atoms. The Kier molecular flexibility index (Phi) is 2.60. The zero-order valence-electron chi connectivity index (χ0n) is 9.16. The number of halogens is 1. The third-order valence-corrected chi connectivity index (χ3v) is 2.94. The number of thioether (sulfide) groups is 1. The topological polar surface area (TPSA) is 95.1 Å². The van der Waals surface area contributed by atoms with Gasteiger partial charge in [-0.2, -0.15) is 19.5 Å². The average Bonchev–Trinajstić information content (AvgIpc) is 2.94. The molecule has 3 aromatic rings. The number of nitrogens with zero attached hydrogens (tertiary/aromatic N) is 5. The zero-order chi connectivity index (χ0) is 12.7. The van der Waals surface area contributed by atoms with Gasteiger partial charge >= 0.3 is 0 Å². The average molecular weight is 283 g/mol. The Bertz CT molecular complexity index is 723. The van der Waals surface area contributed by atoms with Crippen molar-refractivity contribution in [3.8, 4) is 11.6 Å². The van der Waals surface area contributed by atoms with Crippen molar-refractivity contribution in [2.24, 2.45) is 0 Å². The molecule has 0 spiro atoms. The molecule has 0 radical (unpaired) electrons. The lowest BCUT2D eigenvalue weighted by atomic mass is 10.4. The maximum Gasteiger partial charge on any atom is 0.258 e. The first-order valence-electron chi connectivity index (χ1n) is 4.87. The standard InChI is InChI=1S/C9H7ClN6OS/c1-18-9-13-7(11)16-8(14-9)12-6(15-16)4-2-3-5(10)17-4/h2-3H,1H3,(H2,11,12,13,14,15). The van der Waals surface area contributed by atoms with Crippen LogP contribution < -0.4 is 5.73 Å². The van der Waals surface area contributed by atoms with E-state index in [1.807, 2.05) is 6.26 Å². The van der Waals surface area contributed by atoms with Crippen LogP contribution in [0.2, 0.25) is 5.22 Å². The summed E-state index contributed by atoms with van der Waals surface area (Å²) < 4.78 is 6.58. The number of hydrogen-bond donors (Lipinski definition) is 1. The second-order valence-electron chi connectivity index (χ2n) is 3.32. The predicted molar refractivity (Wildman–Crippen MR) is 67.5 cm³/mol. The van der Waals surface area contributed by atoms with E-state index in [0.717, 1.165) is 0 Å². The normalized spacial score (nSPS) is 11.2. The molecule has 92 valence electrons. The smallest absolute Gasteiger partial charge is 0.258 e. The molecule has 3 aromatic heterocycles. The van der Waals surface area contributed by atoms with Crippen LogP contribution in [-0.4, -0.2) is 30.8 Å². The van der Waals surface area contributed by atoms with Crippen LogP contribution in [-0.2, 0) is 0 Å². The number of nitrogens with two attached hydrogens (primary N) is 1. The fraction of sp³-hybridized carbons (Fsp3) is 0.111. The van der Waals surface area contributed by atoms with Crippen molar-refractivity contribution < 1.29 is 4.42 Å². The van der Waals surface area contributed by atoms with Gasteiger partial charge < -0.3 is 10.2 Å². The summed E-state index contributed by atoms with van der Waals surface area (Å²) in [6, 6.07) is 3.29. The molecular formula is C9H7ClN6OS. The van der Waals surface area contributed by atoms with Crippen molar-refractivity contribution in [3.05, 3.63) is 17.4 Å². The molecule has 0 amide bonds. The lowest BCUT2D eigenvalue weighted by Crippen LogP contribution is -2.04. The molecule has 0 aliphatic rings. The number of anilines is 1. The largest absolute Gasteiger partial charge is 0.441 e. The van der Waals surface area contributed by atoms with Crippen LogP contribution in [0.5, 0.6) is 0 Å². The zero-order valence-corrected chi connectivity index (χ0v) is 10.7. The van der Waals surface area contributed by atoms with Crippen LogP contribution in [0, 0.1) is 0 Å². The fourth-order valence-corrected chi connectivity index (χ4v) is 1.92. The molecule has 7 nitrogen and oxygen atoms in total. The summed E-state index contributed by atoms with van der Waals surface area (Å²) >= 11 is 7.08. The molecule has 0 aliphatic carbocycles. The lowest BCUT2D eigenvalue weighted by molar-refractivity contribution is 0.579. The van der Waals surface area contributed by atoms with Gasteiger partial charge in [0.25, 0.3) is 5.78 Å². The predicted octanol–water partition coefficient (Wildman–Crippen LogP) is 1.74. The van der Waals surface area contributed by atoms with Gasteiger partial charge in [-0.3, -0.25) is 0 Å². The van der Waals surface area contributed by atoms with E-state index >= 15 is 0 Å². The number of fused-ring (bicyclic) bond motifs is 1. The Morgan fingerprint density at radius 3 is 2.83 bits per heavy atom. The Morgan fingerprint density at radius 1 is 1.33 bits per heavy atom. The highest BCUT2D eigenvalue weighted by Crippen LogP contribution is 2.22. The molecule has 18 heavy (non-hydrogen) atoms. The molecule has 3 heterocycles. The second-order valence-corrected chi connectivity index (χ2v) is 4.47. The summed E-state index contributed by atoms with van der Waals surface area (Å²) in [4.78, 5) is 12.5. The van der Waals surface area contributed by atoms with Crippen molar-refractivity contribution in [2.75, 3.05) is 12.0 Å². The minimum atomic E-state index is 0.223. The summed E-state index contributed by atoms with van der Waals surface area (Å²) in [6.07, 6.45) is 1.86. The summed E-state index contributed by atoms with van der Waals surface area (Å²) in [6.45, 7) is 0. The first-order valence-corrected chi connectivity index (χ1v) is 6.47. The molecule has 0 atom stereocenters. The van der Waals surface area contributed by atoms with E-state index < -0.39 is 0 Å². The molecular weight excluding hydrogens is 276 g/mol. The summed E-state index contributed by atoms with van der Waals surface area (Å²) in [5.41, 5.74) is 5.77. The summed E-state index contributed by atoms with van der Waals surface area (Å²) in [5.74, 6) is 1.41. The lowest BCUT2D eigenvalue weighted by Gasteiger charge is -1.97. The third-order valence-electron chi connectivity index (χ3n) is 2.19. The van der Waals surface area contributed by atoms with Gasteiger partial charge in [-0.05, 0) is 30.0 Å². The Morgan fingerprint density at radius 2 is 2.17 bits per heavy atom. The van der Waals surface area contributed by atoms with E-state index in [1.165, 1.54) is 16.3 Å². The maximum absolute atomic E-state index is 5.77. The molecule has 0 unspecified atom stereocenters. The second kappa shape index (κ2) is 4.14. The van der Waals surface area contributed by atoms with Crippen molar-refractivity contribution in [1.82, 2.24) is 24.6 Å². The number of hydrogen-bond acceptors (Lipinski definition) is 7. The van der Waals surface area contributed by atoms with E-state index in [9.17, 15) is 0 Å². The van der Waals surface area contributed by atoms with Crippen molar-refractivity contribution >= 4 is 35.1 Å². The van der Waals surface area contributed by atoms with Crippen LogP contribution in [0.1, 0.15) is 0 Å². The van der Waals surface area contributed by atoms with Crippen LogP contribution in [0.15, 0.2) is 21.7 Å². The molecule has 3 rings (SSSR count). The minimum Gasteiger partial charge on any atom is -0.441 e. The van der Waals surface area contributed by atoms with E-state index in [0.29, 0.717) is 22.5 Å². The molecule has 0 saturated heterocycles. The van der Waals surface area contributed by atoms with Crippen LogP contribution in [0.3, 0.4) is 0 Å². The maximum atomic E-state index is 5.77. The monoisotopic (exact) mass is 282 g/mol. The van der Waals surface area contributed by atoms with E-state index in [-0.39, 0.29) is 11.2 Å². The van der Waals surface area contributed by atoms with Crippen LogP contribution in [0.4, 0.5) is 5.95 Å². The number of furan rings is 1. The van der Waals surface area contributed by atoms with E-state index in [4.69, 9.17) is 21.8 Å². The Balaban J connectivity index is 2.19. The van der Waals surface area contributed by atoms with Crippen LogP contribution >= 0.6 is 23.4 Å². The number of nitrogen functional groups attached to an aromatic ring is 1.